The normalized spacial score (nSPS) is 39.0. The molecule has 2 saturated heterocycles. The number of carbonyl (C=O) groups excluding carboxylic acids is 2. The van der Waals surface area contributed by atoms with E-state index in [4.69, 9.17) is 9.47 Å². The van der Waals surface area contributed by atoms with Crippen molar-refractivity contribution < 1.29 is 24.2 Å². The molecule has 1 amide bonds. The first-order chi connectivity index (χ1) is 13.9. The SMILES string of the molecule is C[C@@H]1C=CCCC2=C(CCC2)C(=O)O[C@@H]2C[C@@H](CC1)O[C@@](O)(C1CSC(=O)N1)C2. The van der Waals surface area contributed by atoms with Crippen molar-refractivity contribution in [3.8, 4) is 0 Å². The standard InChI is InChI=1S/C22H31NO5S/c1-14-5-2-3-6-15-7-4-8-18(15)20(24)27-17-11-16(10-9-14)28-22(26,12-17)19-13-29-21(25)23-19/h2,5,14,16-17,19,26H,3-4,6-13H2,1H3,(H,23,25)/t14-,16-,17-,19?,22-/m1/s1. The van der Waals surface area contributed by atoms with Crippen LogP contribution in [0.4, 0.5) is 4.79 Å². The number of nitrogens with one attached hydrogen (secondary N) is 1. The van der Waals surface area contributed by atoms with Crippen molar-refractivity contribution in [1.29, 1.82) is 0 Å². The van der Waals surface area contributed by atoms with Gasteiger partial charge in [-0.1, -0.05) is 36.4 Å². The largest absolute Gasteiger partial charge is 0.459 e. The van der Waals surface area contributed by atoms with Crippen LogP contribution in [0.3, 0.4) is 0 Å². The first-order valence-corrected chi connectivity index (χ1v) is 11.8. The van der Waals surface area contributed by atoms with Gasteiger partial charge in [-0.25, -0.2) is 4.79 Å². The second kappa shape index (κ2) is 8.82. The number of rotatable bonds is 1. The van der Waals surface area contributed by atoms with Crippen molar-refractivity contribution in [3.05, 3.63) is 23.3 Å². The summed E-state index contributed by atoms with van der Waals surface area (Å²) in [4.78, 5) is 24.6. The van der Waals surface area contributed by atoms with Crippen molar-refractivity contribution in [2.24, 2.45) is 5.92 Å². The van der Waals surface area contributed by atoms with E-state index in [1.54, 1.807) is 0 Å². The molecule has 4 aliphatic rings. The third-order valence-corrected chi connectivity index (χ3v) is 7.39. The van der Waals surface area contributed by atoms with Gasteiger partial charge < -0.3 is 19.9 Å². The average molecular weight is 422 g/mol. The minimum atomic E-state index is -1.50. The maximum atomic E-state index is 12.9. The summed E-state index contributed by atoms with van der Waals surface area (Å²) in [6.07, 6.45) is 11.0. The zero-order valence-electron chi connectivity index (χ0n) is 17.0. The monoisotopic (exact) mass is 421 g/mol. The Morgan fingerprint density at radius 2 is 2.07 bits per heavy atom. The lowest BCUT2D eigenvalue weighted by Crippen LogP contribution is -2.58. The van der Waals surface area contributed by atoms with Gasteiger partial charge in [0.2, 0.25) is 0 Å². The fraction of sp³-hybridized carbons (Fsp3) is 0.727. The van der Waals surface area contributed by atoms with Gasteiger partial charge in [-0.3, -0.25) is 4.79 Å². The number of amides is 1. The van der Waals surface area contributed by atoms with Gasteiger partial charge in [0, 0.05) is 24.2 Å². The summed E-state index contributed by atoms with van der Waals surface area (Å²) < 4.78 is 12.0. The van der Waals surface area contributed by atoms with Crippen LogP contribution in [0, 0.1) is 5.92 Å². The number of hydrogen-bond acceptors (Lipinski definition) is 6. The molecule has 0 aromatic heterocycles. The van der Waals surface area contributed by atoms with E-state index in [0.717, 1.165) is 62.3 Å². The highest BCUT2D eigenvalue weighted by Gasteiger charge is 2.49. The molecular formula is C22H31NO5S. The van der Waals surface area contributed by atoms with Crippen LogP contribution < -0.4 is 5.32 Å². The van der Waals surface area contributed by atoms with E-state index in [1.165, 1.54) is 5.57 Å². The zero-order valence-corrected chi connectivity index (χ0v) is 17.8. The Balaban J connectivity index is 1.57. The maximum absolute atomic E-state index is 12.9. The van der Waals surface area contributed by atoms with E-state index in [0.29, 0.717) is 18.1 Å². The smallest absolute Gasteiger partial charge is 0.334 e. The Hall–Kier alpha value is -1.31. The summed E-state index contributed by atoms with van der Waals surface area (Å²) in [6, 6.07) is -0.485. The quantitative estimate of drug-likeness (QED) is 0.494. The molecule has 4 rings (SSSR count). The number of hydrogen-bond donors (Lipinski definition) is 2. The van der Waals surface area contributed by atoms with Gasteiger partial charge in [-0.05, 0) is 50.9 Å². The van der Waals surface area contributed by atoms with Crippen LogP contribution in [-0.2, 0) is 14.3 Å². The van der Waals surface area contributed by atoms with Gasteiger partial charge in [0.15, 0.2) is 5.79 Å². The van der Waals surface area contributed by atoms with Crippen LogP contribution in [0.2, 0.25) is 0 Å². The fourth-order valence-electron chi connectivity index (χ4n) is 4.89. The maximum Gasteiger partial charge on any atom is 0.334 e. The zero-order chi connectivity index (χ0) is 20.4. The highest BCUT2D eigenvalue weighted by atomic mass is 32.2. The summed E-state index contributed by atoms with van der Waals surface area (Å²) in [5.74, 6) is -0.853. The second-order valence-corrected chi connectivity index (χ2v) is 9.80. The molecule has 0 aromatic rings. The summed E-state index contributed by atoms with van der Waals surface area (Å²) in [7, 11) is 0. The molecule has 160 valence electrons. The molecule has 0 saturated carbocycles. The molecule has 1 aliphatic carbocycles. The number of thioether (sulfide) groups is 1. The first kappa shape index (κ1) is 20.9. The van der Waals surface area contributed by atoms with Crippen molar-refractivity contribution in [2.75, 3.05) is 5.75 Å². The molecule has 3 aliphatic heterocycles. The summed E-state index contributed by atoms with van der Waals surface area (Å²) in [6.45, 7) is 2.20. The van der Waals surface area contributed by atoms with Crippen molar-refractivity contribution in [2.45, 2.75) is 88.7 Å². The van der Waals surface area contributed by atoms with Gasteiger partial charge in [0.05, 0.1) is 12.1 Å². The Morgan fingerprint density at radius 1 is 1.21 bits per heavy atom. The topological polar surface area (TPSA) is 84.9 Å². The van der Waals surface area contributed by atoms with E-state index >= 15 is 0 Å². The van der Waals surface area contributed by atoms with E-state index in [9.17, 15) is 14.7 Å². The molecule has 5 atom stereocenters. The van der Waals surface area contributed by atoms with Gasteiger partial charge >= 0.3 is 5.97 Å². The lowest BCUT2D eigenvalue weighted by Gasteiger charge is -2.43. The van der Waals surface area contributed by atoms with Crippen molar-refractivity contribution >= 4 is 23.0 Å². The van der Waals surface area contributed by atoms with Crippen LogP contribution in [0.25, 0.3) is 0 Å². The number of fused-ring (bicyclic) bond motifs is 2. The first-order valence-electron chi connectivity index (χ1n) is 10.8. The number of allylic oxidation sites excluding steroid dienone is 3. The van der Waals surface area contributed by atoms with Crippen molar-refractivity contribution in [3.63, 3.8) is 0 Å². The van der Waals surface area contributed by atoms with Gasteiger partial charge in [0.25, 0.3) is 5.24 Å². The predicted molar refractivity (Wildman–Crippen MR) is 111 cm³/mol. The van der Waals surface area contributed by atoms with Gasteiger partial charge in [0.1, 0.15) is 6.10 Å². The van der Waals surface area contributed by atoms with E-state index in [-0.39, 0.29) is 23.7 Å². The molecule has 2 fully saturated rings. The molecule has 0 aromatic carbocycles. The lowest BCUT2D eigenvalue weighted by atomic mass is 9.90. The Kier molecular flexibility index (Phi) is 6.37. The second-order valence-electron chi connectivity index (χ2n) is 8.80. The van der Waals surface area contributed by atoms with E-state index in [1.807, 2.05) is 0 Å². The summed E-state index contributed by atoms with van der Waals surface area (Å²) in [5, 5.41) is 13.9. The van der Waals surface area contributed by atoms with Crippen LogP contribution >= 0.6 is 11.8 Å². The van der Waals surface area contributed by atoms with Gasteiger partial charge in [-0.15, -0.1) is 0 Å². The highest BCUT2D eigenvalue weighted by Crippen LogP contribution is 2.38. The van der Waals surface area contributed by atoms with Crippen LogP contribution in [-0.4, -0.2) is 46.1 Å². The molecular weight excluding hydrogens is 390 g/mol. The average Bonchev–Trinajstić information content (AvgIpc) is 3.32. The third kappa shape index (κ3) is 4.89. The molecule has 7 heteroatoms. The predicted octanol–water partition coefficient (Wildman–Crippen LogP) is 3.84. The minimum absolute atomic E-state index is 0.149. The molecule has 29 heavy (non-hydrogen) atoms. The number of carbonyl (C=O) groups is 2. The number of ether oxygens (including phenoxy) is 2. The highest BCUT2D eigenvalue weighted by molar-refractivity contribution is 8.14. The molecule has 6 nitrogen and oxygen atoms in total. The third-order valence-electron chi connectivity index (χ3n) is 6.51. The van der Waals surface area contributed by atoms with Crippen molar-refractivity contribution in [1.82, 2.24) is 5.32 Å². The molecule has 0 spiro atoms. The molecule has 0 radical (unpaired) electrons. The molecule has 1 unspecified atom stereocenters. The molecule has 2 N–H and O–H groups in total. The van der Waals surface area contributed by atoms with Gasteiger partial charge in [-0.2, -0.15) is 0 Å². The van der Waals surface area contributed by atoms with E-state index < -0.39 is 17.9 Å². The molecule has 3 heterocycles. The van der Waals surface area contributed by atoms with Crippen LogP contribution in [0.1, 0.15) is 64.7 Å². The Labute approximate surface area is 176 Å². The summed E-state index contributed by atoms with van der Waals surface area (Å²) in [5.41, 5.74) is 2.06. The Morgan fingerprint density at radius 3 is 2.86 bits per heavy atom. The van der Waals surface area contributed by atoms with Crippen LogP contribution in [0.15, 0.2) is 23.3 Å². The Bertz CT molecular complexity index is 720. The lowest BCUT2D eigenvalue weighted by molar-refractivity contribution is -0.283. The number of esters is 1. The molecule has 2 bridgehead atoms. The fourth-order valence-corrected chi connectivity index (χ4v) is 5.78. The number of aliphatic hydroxyl groups is 1. The van der Waals surface area contributed by atoms with E-state index in [2.05, 4.69) is 24.4 Å². The summed E-state index contributed by atoms with van der Waals surface area (Å²) >= 11 is 1.15. The minimum Gasteiger partial charge on any atom is -0.459 e. The van der Waals surface area contributed by atoms with Crippen LogP contribution in [0.5, 0.6) is 0 Å².